The third-order valence-electron chi connectivity index (χ3n) is 3.51. The molecule has 18 heavy (non-hydrogen) atoms. The van der Waals surface area contributed by atoms with Crippen molar-refractivity contribution in [3.05, 3.63) is 22.4 Å². The van der Waals surface area contributed by atoms with Crippen LogP contribution in [0.15, 0.2) is 17.5 Å². The van der Waals surface area contributed by atoms with E-state index in [1.165, 1.54) is 11.3 Å². The molecule has 1 saturated heterocycles. The molecule has 1 amide bonds. The van der Waals surface area contributed by atoms with Gasteiger partial charge in [0, 0.05) is 29.3 Å². The summed E-state index contributed by atoms with van der Waals surface area (Å²) in [6.07, 6.45) is 2.93. The van der Waals surface area contributed by atoms with Crippen LogP contribution in [0.1, 0.15) is 38.0 Å². The standard InChI is InChI=1S/C14H22N2OS/c1-14(2,12-6-4-8-18-12)10-16-13(17)9-11-5-3-7-15-11/h4,6,8,11,15H,3,5,7,9-10H2,1-2H3,(H,16,17). The molecule has 1 aromatic rings. The van der Waals surface area contributed by atoms with Crippen molar-refractivity contribution < 1.29 is 4.79 Å². The van der Waals surface area contributed by atoms with Gasteiger partial charge in [0.2, 0.25) is 5.91 Å². The molecule has 2 heterocycles. The number of carbonyl (C=O) groups excluding carboxylic acids is 1. The maximum absolute atomic E-state index is 11.9. The molecule has 4 heteroatoms. The SMILES string of the molecule is CC(C)(CNC(=O)CC1CCCN1)c1cccs1. The lowest BCUT2D eigenvalue weighted by molar-refractivity contribution is -0.121. The molecule has 2 N–H and O–H groups in total. The zero-order valence-electron chi connectivity index (χ0n) is 11.2. The molecule has 0 aliphatic carbocycles. The van der Waals surface area contributed by atoms with Gasteiger partial charge in [0.05, 0.1) is 0 Å². The van der Waals surface area contributed by atoms with Crippen LogP contribution in [0, 0.1) is 0 Å². The van der Waals surface area contributed by atoms with Gasteiger partial charge in [-0.2, -0.15) is 0 Å². The number of thiophene rings is 1. The van der Waals surface area contributed by atoms with Crippen molar-refractivity contribution in [2.45, 2.75) is 44.6 Å². The van der Waals surface area contributed by atoms with Gasteiger partial charge in [0.15, 0.2) is 0 Å². The summed E-state index contributed by atoms with van der Waals surface area (Å²) in [5, 5.41) is 8.50. The van der Waals surface area contributed by atoms with E-state index >= 15 is 0 Å². The van der Waals surface area contributed by atoms with E-state index in [1.807, 2.05) is 0 Å². The lowest BCUT2D eigenvalue weighted by atomic mass is 9.91. The highest BCUT2D eigenvalue weighted by atomic mass is 32.1. The smallest absolute Gasteiger partial charge is 0.221 e. The third-order valence-corrected chi connectivity index (χ3v) is 4.75. The van der Waals surface area contributed by atoms with Gasteiger partial charge in [-0.05, 0) is 30.8 Å². The van der Waals surface area contributed by atoms with E-state index < -0.39 is 0 Å². The molecule has 0 radical (unpaired) electrons. The van der Waals surface area contributed by atoms with E-state index in [0.717, 1.165) is 13.0 Å². The largest absolute Gasteiger partial charge is 0.355 e. The Kier molecular flexibility index (Phi) is 4.40. The van der Waals surface area contributed by atoms with Gasteiger partial charge in [-0.3, -0.25) is 4.79 Å². The number of carbonyl (C=O) groups is 1. The highest BCUT2D eigenvalue weighted by Crippen LogP contribution is 2.26. The van der Waals surface area contributed by atoms with Crippen LogP contribution in [0.4, 0.5) is 0 Å². The third kappa shape index (κ3) is 3.56. The van der Waals surface area contributed by atoms with Crippen molar-refractivity contribution >= 4 is 17.2 Å². The Morgan fingerprint density at radius 3 is 3.06 bits per heavy atom. The molecule has 1 aliphatic heterocycles. The average Bonchev–Trinajstić information content (AvgIpc) is 2.99. The summed E-state index contributed by atoms with van der Waals surface area (Å²) in [5.41, 5.74) is 0.0208. The molecular formula is C14H22N2OS. The number of hydrogen-bond donors (Lipinski definition) is 2. The topological polar surface area (TPSA) is 41.1 Å². The summed E-state index contributed by atoms with van der Waals surface area (Å²) in [7, 11) is 0. The van der Waals surface area contributed by atoms with Gasteiger partial charge in [-0.1, -0.05) is 19.9 Å². The van der Waals surface area contributed by atoms with Gasteiger partial charge in [0.25, 0.3) is 0 Å². The van der Waals surface area contributed by atoms with E-state index in [1.54, 1.807) is 11.3 Å². The maximum Gasteiger partial charge on any atom is 0.221 e. The van der Waals surface area contributed by atoms with Gasteiger partial charge >= 0.3 is 0 Å². The minimum atomic E-state index is 0.0208. The second-order valence-electron chi connectivity index (χ2n) is 5.64. The number of amides is 1. The predicted octanol–water partition coefficient (Wildman–Crippen LogP) is 2.28. The Balaban J connectivity index is 1.78. The Morgan fingerprint density at radius 2 is 2.44 bits per heavy atom. The first-order valence-electron chi connectivity index (χ1n) is 6.62. The first-order valence-corrected chi connectivity index (χ1v) is 7.50. The average molecular weight is 266 g/mol. The molecule has 0 spiro atoms. The van der Waals surface area contributed by atoms with Crippen LogP contribution < -0.4 is 10.6 Å². The van der Waals surface area contributed by atoms with Crippen LogP contribution in [0.5, 0.6) is 0 Å². The lowest BCUT2D eigenvalue weighted by Gasteiger charge is -2.24. The highest BCUT2D eigenvalue weighted by Gasteiger charge is 2.23. The van der Waals surface area contributed by atoms with Crippen LogP contribution in [-0.4, -0.2) is 25.0 Å². The van der Waals surface area contributed by atoms with Crippen LogP contribution in [0.2, 0.25) is 0 Å². The Labute approximate surface area is 113 Å². The molecule has 1 unspecified atom stereocenters. The minimum absolute atomic E-state index is 0.0208. The molecule has 0 saturated carbocycles. The minimum Gasteiger partial charge on any atom is -0.355 e. The zero-order valence-corrected chi connectivity index (χ0v) is 12.0. The van der Waals surface area contributed by atoms with Crippen molar-refractivity contribution in [1.82, 2.24) is 10.6 Å². The van der Waals surface area contributed by atoms with Crippen molar-refractivity contribution in [3.63, 3.8) is 0 Å². The molecule has 100 valence electrons. The molecular weight excluding hydrogens is 244 g/mol. The summed E-state index contributed by atoms with van der Waals surface area (Å²) in [4.78, 5) is 13.2. The van der Waals surface area contributed by atoms with E-state index in [-0.39, 0.29) is 11.3 Å². The van der Waals surface area contributed by atoms with Crippen LogP contribution in [0.3, 0.4) is 0 Å². The molecule has 1 fully saturated rings. The lowest BCUT2D eigenvalue weighted by Crippen LogP contribution is -2.38. The molecule has 1 atom stereocenters. The fraction of sp³-hybridized carbons (Fsp3) is 0.643. The normalized spacial score (nSPS) is 20.0. The van der Waals surface area contributed by atoms with Gasteiger partial charge in [-0.25, -0.2) is 0 Å². The van der Waals surface area contributed by atoms with Gasteiger partial charge < -0.3 is 10.6 Å². The summed E-state index contributed by atoms with van der Waals surface area (Å²) in [6, 6.07) is 4.58. The van der Waals surface area contributed by atoms with Gasteiger partial charge in [0.1, 0.15) is 0 Å². The summed E-state index contributed by atoms with van der Waals surface area (Å²) >= 11 is 1.75. The van der Waals surface area contributed by atoms with E-state index in [4.69, 9.17) is 0 Å². The highest BCUT2D eigenvalue weighted by molar-refractivity contribution is 7.10. The van der Waals surface area contributed by atoms with Crippen molar-refractivity contribution in [1.29, 1.82) is 0 Å². The first kappa shape index (κ1) is 13.6. The molecule has 2 rings (SSSR count). The second kappa shape index (κ2) is 5.85. The summed E-state index contributed by atoms with van der Waals surface area (Å²) in [6.45, 7) is 6.11. The van der Waals surface area contributed by atoms with Crippen molar-refractivity contribution in [2.75, 3.05) is 13.1 Å². The fourth-order valence-corrected chi connectivity index (χ4v) is 3.15. The van der Waals surface area contributed by atoms with Crippen LogP contribution >= 0.6 is 11.3 Å². The van der Waals surface area contributed by atoms with E-state index in [0.29, 0.717) is 19.0 Å². The van der Waals surface area contributed by atoms with E-state index in [2.05, 4.69) is 42.0 Å². The summed E-state index contributed by atoms with van der Waals surface area (Å²) < 4.78 is 0. The predicted molar refractivity (Wildman–Crippen MR) is 76.0 cm³/mol. The Morgan fingerprint density at radius 1 is 1.61 bits per heavy atom. The van der Waals surface area contributed by atoms with Crippen molar-refractivity contribution in [3.8, 4) is 0 Å². The second-order valence-corrected chi connectivity index (χ2v) is 6.58. The fourth-order valence-electron chi connectivity index (χ4n) is 2.30. The van der Waals surface area contributed by atoms with Crippen molar-refractivity contribution in [2.24, 2.45) is 0 Å². The molecule has 1 aliphatic rings. The van der Waals surface area contributed by atoms with Gasteiger partial charge in [-0.15, -0.1) is 11.3 Å². The first-order chi connectivity index (χ1) is 8.58. The maximum atomic E-state index is 11.9. The van der Waals surface area contributed by atoms with Crippen LogP contribution in [-0.2, 0) is 10.2 Å². The summed E-state index contributed by atoms with van der Waals surface area (Å²) in [5.74, 6) is 0.166. The number of nitrogens with one attached hydrogen (secondary N) is 2. The van der Waals surface area contributed by atoms with E-state index in [9.17, 15) is 4.79 Å². The number of rotatable bonds is 5. The number of hydrogen-bond acceptors (Lipinski definition) is 3. The Hall–Kier alpha value is -0.870. The molecule has 0 aromatic carbocycles. The quantitative estimate of drug-likeness (QED) is 0.858. The molecule has 0 bridgehead atoms. The Bertz CT molecular complexity index is 381. The molecule has 1 aromatic heterocycles. The van der Waals surface area contributed by atoms with Crippen LogP contribution in [0.25, 0.3) is 0 Å². The molecule has 3 nitrogen and oxygen atoms in total. The monoisotopic (exact) mass is 266 g/mol. The zero-order chi connectivity index (χ0) is 13.0.